The van der Waals surface area contributed by atoms with Crippen molar-refractivity contribution in [3.8, 4) is 5.95 Å². The molecule has 0 radical (unpaired) electrons. The van der Waals surface area contributed by atoms with Gasteiger partial charge in [0.05, 0.1) is 5.69 Å². The summed E-state index contributed by atoms with van der Waals surface area (Å²) in [6.07, 6.45) is 3.37. The van der Waals surface area contributed by atoms with E-state index in [1.54, 1.807) is 18.5 Å². The van der Waals surface area contributed by atoms with Crippen LogP contribution in [0.1, 0.15) is 0 Å². The summed E-state index contributed by atoms with van der Waals surface area (Å²) in [5.74, 6) is 0.840. The number of benzene rings is 1. The Hall–Kier alpha value is -2.48. The molecule has 0 aliphatic heterocycles. The molecule has 0 spiro atoms. The first-order valence-corrected chi connectivity index (χ1v) is 6.55. The maximum absolute atomic E-state index is 5.70. The number of para-hydroxylation sites is 1. The third-order valence-corrected chi connectivity index (χ3v) is 3.16. The lowest BCUT2D eigenvalue weighted by Gasteiger charge is -2.08. The van der Waals surface area contributed by atoms with E-state index < -0.39 is 0 Å². The Kier molecular flexibility index (Phi) is 3.30. The standard InChI is InChI=1S/C12H10BrN7/c13-8-4-1-2-5-9(8)16-11-17-10(14)18-12(19-11)20-7-3-6-15-20/h1-7H,(H3,14,16,17,18,19). The van der Waals surface area contributed by atoms with Crippen LogP contribution in [-0.4, -0.2) is 24.7 Å². The number of halogens is 1. The fourth-order valence-electron chi connectivity index (χ4n) is 1.61. The number of hydrogen-bond acceptors (Lipinski definition) is 6. The van der Waals surface area contributed by atoms with Gasteiger partial charge >= 0.3 is 0 Å². The summed E-state index contributed by atoms with van der Waals surface area (Å²) in [5, 5.41) is 7.15. The van der Waals surface area contributed by atoms with E-state index in [1.807, 2.05) is 24.3 Å². The topological polar surface area (TPSA) is 94.5 Å². The highest BCUT2D eigenvalue weighted by Crippen LogP contribution is 2.24. The summed E-state index contributed by atoms with van der Waals surface area (Å²) in [6, 6.07) is 9.43. The van der Waals surface area contributed by atoms with Crippen molar-refractivity contribution >= 4 is 33.5 Å². The van der Waals surface area contributed by atoms with Gasteiger partial charge in [-0.25, -0.2) is 4.68 Å². The van der Waals surface area contributed by atoms with Crippen LogP contribution in [0.25, 0.3) is 5.95 Å². The lowest BCUT2D eigenvalue weighted by molar-refractivity contribution is 0.801. The lowest BCUT2D eigenvalue weighted by atomic mass is 10.3. The Morgan fingerprint density at radius 2 is 1.95 bits per heavy atom. The molecule has 20 heavy (non-hydrogen) atoms. The highest BCUT2D eigenvalue weighted by molar-refractivity contribution is 9.10. The van der Waals surface area contributed by atoms with Crippen molar-refractivity contribution in [3.05, 3.63) is 47.2 Å². The van der Waals surface area contributed by atoms with E-state index in [-0.39, 0.29) is 5.95 Å². The molecule has 0 atom stereocenters. The van der Waals surface area contributed by atoms with Crippen molar-refractivity contribution < 1.29 is 0 Å². The van der Waals surface area contributed by atoms with Gasteiger partial charge in [0.1, 0.15) is 0 Å². The van der Waals surface area contributed by atoms with Crippen molar-refractivity contribution in [2.45, 2.75) is 0 Å². The minimum absolute atomic E-state index is 0.125. The van der Waals surface area contributed by atoms with Crippen molar-refractivity contribution in [1.82, 2.24) is 24.7 Å². The second kappa shape index (κ2) is 5.25. The minimum Gasteiger partial charge on any atom is -0.368 e. The van der Waals surface area contributed by atoms with Crippen LogP contribution in [0, 0.1) is 0 Å². The van der Waals surface area contributed by atoms with E-state index in [4.69, 9.17) is 5.73 Å². The first-order chi connectivity index (χ1) is 9.72. The fourth-order valence-corrected chi connectivity index (χ4v) is 1.99. The average molecular weight is 332 g/mol. The predicted octanol–water partition coefficient (Wildman–Crippen LogP) is 2.15. The van der Waals surface area contributed by atoms with Crippen molar-refractivity contribution in [2.24, 2.45) is 0 Å². The zero-order chi connectivity index (χ0) is 13.9. The zero-order valence-corrected chi connectivity index (χ0v) is 11.8. The molecule has 2 aromatic heterocycles. The van der Waals surface area contributed by atoms with Gasteiger partial charge in [0.2, 0.25) is 11.9 Å². The Morgan fingerprint density at radius 1 is 1.10 bits per heavy atom. The van der Waals surface area contributed by atoms with Crippen LogP contribution in [0.2, 0.25) is 0 Å². The molecule has 0 unspecified atom stereocenters. The molecule has 7 nitrogen and oxygen atoms in total. The SMILES string of the molecule is Nc1nc(Nc2ccccc2Br)nc(-n2cccn2)n1. The molecule has 0 aliphatic rings. The largest absolute Gasteiger partial charge is 0.368 e. The van der Waals surface area contributed by atoms with Crippen LogP contribution in [0.4, 0.5) is 17.6 Å². The third kappa shape index (κ3) is 2.59. The summed E-state index contributed by atoms with van der Waals surface area (Å²) in [7, 11) is 0. The number of rotatable bonds is 3. The third-order valence-electron chi connectivity index (χ3n) is 2.47. The van der Waals surface area contributed by atoms with E-state index in [1.165, 1.54) is 4.68 Å². The number of hydrogen-bond donors (Lipinski definition) is 2. The first-order valence-electron chi connectivity index (χ1n) is 5.75. The van der Waals surface area contributed by atoms with E-state index in [0.717, 1.165) is 10.2 Å². The van der Waals surface area contributed by atoms with Crippen LogP contribution in [-0.2, 0) is 0 Å². The van der Waals surface area contributed by atoms with Gasteiger partial charge in [-0.05, 0) is 34.1 Å². The van der Waals surface area contributed by atoms with Crippen molar-refractivity contribution in [3.63, 3.8) is 0 Å². The Balaban J connectivity index is 1.97. The molecule has 3 aromatic rings. The number of nitrogens with zero attached hydrogens (tertiary/aromatic N) is 5. The minimum atomic E-state index is 0.125. The number of nitrogen functional groups attached to an aromatic ring is 1. The van der Waals surface area contributed by atoms with E-state index in [2.05, 4.69) is 41.3 Å². The molecule has 3 N–H and O–H groups in total. The van der Waals surface area contributed by atoms with Gasteiger partial charge in [-0.3, -0.25) is 0 Å². The van der Waals surface area contributed by atoms with Crippen LogP contribution >= 0.6 is 15.9 Å². The highest BCUT2D eigenvalue weighted by Gasteiger charge is 2.08. The number of nitrogens with one attached hydrogen (secondary N) is 1. The molecule has 0 aliphatic carbocycles. The molecule has 0 bridgehead atoms. The summed E-state index contributed by atoms with van der Waals surface area (Å²) < 4.78 is 2.42. The lowest BCUT2D eigenvalue weighted by Crippen LogP contribution is -2.09. The van der Waals surface area contributed by atoms with E-state index in [0.29, 0.717) is 11.9 Å². The number of nitrogens with two attached hydrogens (primary N) is 1. The zero-order valence-electron chi connectivity index (χ0n) is 10.2. The quantitative estimate of drug-likeness (QED) is 0.763. The van der Waals surface area contributed by atoms with Crippen LogP contribution in [0.15, 0.2) is 47.2 Å². The van der Waals surface area contributed by atoms with Gasteiger partial charge in [-0.2, -0.15) is 20.1 Å². The van der Waals surface area contributed by atoms with E-state index in [9.17, 15) is 0 Å². The molecule has 0 amide bonds. The molecule has 2 heterocycles. The van der Waals surface area contributed by atoms with Crippen molar-refractivity contribution in [1.29, 1.82) is 0 Å². The first kappa shape index (κ1) is 12.5. The number of anilines is 3. The monoisotopic (exact) mass is 331 g/mol. The maximum Gasteiger partial charge on any atom is 0.257 e. The Labute approximate surface area is 123 Å². The molecule has 0 saturated carbocycles. The Morgan fingerprint density at radius 3 is 2.70 bits per heavy atom. The normalized spacial score (nSPS) is 10.4. The molecule has 1 aromatic carbocycles. The molecule has 8 heteroatoms. The van der Waals surface area contributed by atoms with Gasteiger partial charge in [0, 0.05) is 16.9 Å². The van der Waals surface area contributed by atoms with Gasteiger partial charge < -0.3 is 11.1 Å². The van der Waals surface area contributed by atoms with Gasteiger partial charge in [0.25, 0.3) is 5.95 Å². The molecule has 0 saturated heterocycles. The molecule has 3 rings (SSSR count). The smallest absolute Gasteiger partial charge is 0.257 e. The molecule has 100 valence electrons. The summed E-state index contributed by atoms with van der Waals surface area (Å²) in [5.41, 5.74) is 6.54. The van der Waals surface area contributed by atoms with Crippen LogP contribution in [0.5, 0.6) is 0 Å². The average Bonchev–Trinajstić information content (AvgIpc) is 2.95. The van der Waals surface area contributed by atoms with Crippen molar-refractivity contribution in [2.75, 3.05) is 11.1 Å². The fraction of sp³-hybridized carbons (Fsp3) is 0. The predicted molar refractivity (Wildman–Crippen MR) is 78.8 cm³/mol. The van der Waals surface area contributed by atoms with Gasteiger partial charge in [0.15, 0.2) is 0 Å². The van der Waals surface area contributed by atoms with Crippen LogP contribution in [0.3, 0.4) is 0 Å². The second-order valence-corrected chi connectivity index (χ2v) is 4.73. The number of aromatic nitrogens is 5. The van der Waals surface area contributed by atoms with Gasteiger partial charge in [-0.1, -0.05) is 12.1 Å². The van der Waals surface area contributed by atoms with Crippen LogP contribution < -0.4 is 11.1 Å². The Bertz CT molecular complexity index is 726. The highest BCUT2D eigenvalue weighted by atomic mass is 79.9. The molecular weight excluding hydrogens is 322 g/mol. The van der Waals surface area contributed by atoms with E-state index >= 15 is 0 Å². The molecular formula is C12H10BrN7. The summed E-state index contributed by atoms with van der Waals surface area (Å²) in [4.78, 5) is 12.4. The van der Waals surface area contributed by atoms with Gasteiger partial charge in [-0.15, -0.1) is 0 Å². The second-order valence-electron chi connectivity index (χ2n) is 3.87. The summed E-state index contributed by atoms with van der Waals surface area (Å²) in [6.45, 7) is 0. The maximum atomic E-state index is 5.70. The summed E-state index contributed by atoms with van der Waals surface area (Å²) >= 11 is 3.45. The molecule has 0 fully saturated rings.